The van der Waals surface area contributed by atoms with Crippen LogP contribution in [0, 0.1) is 58.2 Å². The molecule has 0 aromatic rings. The minimum Gasteiger partial charge on any atom is -0.396 e. The molecule has 1 nitrogen and oxygen atoms in total. The molecule has 172 valence electrons. The molecule has 4 aliphatic carbocycles. The van der Waals surface area contributed by atoms with E-state index in [4.69, 9.17) is 0 Å². The van der Waals surface area contributed by atoms with Gasteiger partial charge in [-0.2, -0.15) is 0 Å². The number of hydrogen-bond donors (Lipinski definition) is 1. The molecule has 1 N–H and O–H groups in total. The molecular weight excluding hydrogens is 364 g/mol. The van der Waals surface area contributed by atoms with Crippen LogP contribution in [0.5, 0.6) is 0 Å². The van der Waals surface area contributed by atoms with Gasteiger partial charge in [0.15, 0.2) is 0 Å². The predicted octanol–water partition coefficient (Wildman–Crippen LogP) is 7.88. The van der Waals surface area contributed by atoms with Crippen molar-refractivity contribution in [1.29, 1.82) is 0 Å². The van der Waals surface area contributed by atoms with Crippen molar-refractivity contribution in [2.45, 2.75) is 106 Å². The monoisotopic (exact) mass is 414 g/mol. The largest absolute Gasteiger partial charge is 0.396 e. The topological polar surface area (TPSA) is 20.2 Å². The van der Waals surface area contributed by atoms with Crippen LogP contribution in [-0.4, -0.2) is 11.7 Å². The van der Waals surface area contributed by atoms with Crippen molar-refractivity contribution in [3.05, 3.63) is 11.6 Å². The second kappa shape index (κ2) is 8.57. The van der Waals surface area contributed by atoms with Crippen LogP contribution in [0.15, 0.2) is 11.6 Å². The van der Waals surface area contributed by atoms with Gasteiger partial charge in [0, 0.05) is 6.61 Å². The molecule has 4 aliphatic rings. The van der Waals surface area contributed by atoms with Gasteiger partial charge in [-0.3, -0.25) is 0 Å². The van der Waals surface area contributed by atoms with Crippen LogP contribution >= 0.6 is 0 Å². The normalized spacial score (nSPS) is 44.9. The zero-order chi connectivity index (χ0) is 21.7. The number of fused-ring (bicyclic) bond motifs is 5. The Balaban J connectivity index is 1.49. The molecule has 0 radical (unpaired) electrons. The zero-order valence-corrected chi connectivity index (χ0v) is 20.9. The van der Waals surface area contributed by atoms with Gasteiger partial charge in [-0.1, -0.05) is 66.0 Å². The third-order valence-electron chi connectivity index (χ3n) is 11.4. The Labute approximate surface area is 187 Å². The molecule has 0 aromatic heterocycles. The van der Waals surface area contributed by atoms with Crippen LogP contribution in [0.4, 0.5) is 0 Å². The van der Waals surface area contributed by atoms with Crippen LogP contribution in [0.25, 0.3) is 0 Å². The lowest BCUT2D eigenvalue weighted by atomic mass is 9.50. The highest BCUT2D eigenvalue weighted by Crippen LogP contribution is 2.68. The van der Waals surface area contributed by atoms with E-state index < -0.39 is 0 Å². The fraction of sp³-hybridized carbons (Fsp3) is 0.931. The summed E-state index contributed by atoms with van der Waals surface area (Å²) >= 11 is 0. The number of hydrogen-bond acceptors (Lipinski definition) is 1. The Morgan fingerprint density at radius 2 is 1.67 bits per heavy atom. The van der Waals surface area contributed by atoms with Crippen molar-refractivity contribution in [2.75, 3.05) is 6.61 Å². The molecule has 30 heavy (non-hydrogen) atoms. The maximum absolute atomic E-state index is 9.92. The maximum Gasteiger partial charge on any atom is 0.0462 e. The standard InChI is InChI=1S/C29H50O/c1-7-21(19(2)3)9-8-20(4)24-12-13-26-23-10-11-25-22(18-30)14-16-29(25,6)27(23)15-17-28(24,26)5/h10,19-22,24-27,30H,7-9,11-18H2,1-6H3. The number of rotatable bonds is 7. The van der Waals surface area contributed by atoms with Gasteiger partial charge in [0.25, 0.3) is 0 Å². The maximum atomic E-state index is 9.92. The summed E-state index contributed by atoms with van der Waals surface area (Å²) in [5.41, 5.74) is 2.89. The summed E-state index contributed by atoms with van der Waals surface area (Å²) in [6.07, 6.45) is 16.5. The van der Waals surface area contributed by atoms with E-state index in [-0.39, 0.29) is 0 Å². The minimum atomic E-state index is 0.409. The third-order valence-corrected chi connectivity index (χ3v) is 11.4. The molecule has 9 atom stereocenters. The molecule has 0 spiro atoms. The lowest BCUT2D eigenvalue weighted by molar-refractivity contribution is 0.0137. The van der Waals surface area contributed by atoms with Crippen molar-refractivity contribution in [2.24, 2.45) is 58.2 Å². The predicted molar refractivity (Wildman–Crippen MR) is 128 cm³/mol. The van der Waals surface area contributed by atoms with Gasteiger partial charge >= 0.3 is 0 Å². The molecule has 0 bridgehead atoms. The van der Waals surface area contributed by atoms with E-state index in [0.29, 0.717) is 23.4 Å². The van der Waals surface area contributed by atoms with Gasteiger partial charge < -0.3 is 5.11 Å². The second-order valence-corrected chi connectivity index (χ2v) is 12.8. The highest BCUT2D eigenvalue weighted by atomic mass is 16.3. The quantitative estimate of drug-likeness (QED) is 0.420. The summed E-state index contributed by atoms with van der Waals surface area (Å²) in [7, 11) is 0. The first kappa shape index (κ1) is 22.9. The molecule has 0 amide bonds. The van der Waals surface area contributed by atoms with Gasteiger partial charge in [0.1, 0.15) is 0 Å². The summed E-state index contributed by atoms with van der Waals surface area (Å²) < 4.78 is 0. The van der Waals surface area contributed by atoms with Gasteiger partial charge in [-0.05, 0) is 110 Å². The van der Waals surface area contributed by atoms with Crippen molar-refractivity contribution >= 4 is 0 Å². The fourth-order valence-electron chi connectivity index (χ4n) is 9.45. The molecule has 9 unspecified atom stereocenters. The van der Waals surface area contributed by atoms with Gasteiger partial charge in [-0.25, -0.2) is 0 Å². The van der Waals surface area contributed by atoms with E-state index in [2.05, 4.69) is 47.6 Å². The Bertz CT molecular complexity index is 634. The lowest BCUT2D eigenvalue weighted by Gasteiger charge is -2.54. The smallest absolute Gasteiger partial charge is 0.0462 e. The molecule has 0 saturated heterocycles. The van der Waals surface area contributed by atoms with Crippen molar-refractivity contribution in [3.8, 4) is 0 Å². The number of aliphatic hydroxyl groups excluding tert-OH is 1. The van der Waals surface area contributed by atoms with E-state index >= 15 is 0 Å². The molecular formula is C29H50O. The second-order valence-electron chi connectivity index (χ2n) is 12.8. The fourth-order valence-corrected chi connectivity index (χ4v) is 9.45. The molecule has 0 aliphatic heterocycles. The Hall–Kier alpha value is -0.300. The third kappa shape index (κ3) is 3.54. The average molecular weight is 415 g/mol. The molecule has 1 heteroatoms. The number of aliphatic hydroxyl groups is 1. The Kier molecular flexibility index (Phi) is 6.53. The highest BCUT2D eigenvalue weighted by molar-refractivity contribution is 5.28. The van der Waals surface area contributed by atoms with E-state index in [1.54, 1.807) is 0 Å². The average Bonchev–Trinajstić information content (AvgIpc) is 3.24. The van der Waals surface area contributed by atoms with E-state index in [0.717, 1.165) is 41.4 Å². The van der Waals surface area contributed by atoms with Gasteiger partial charge in [0.05, 0.1) is 0 Å². The minimum absolute atomic E-state index is 0.409. The summed E-state index contributed by atoms with van der Waals surface area (Å²) in [6, 6.07) is 0. The Morgan fingerprint density at radius 3 is 2.33 bits per heavy atom. The molecule has 3 saturated carbocycles. The van der Waals surface area contributed by atoms with E-state index in [9.17, 15) is 5.11 Å². The lowest BCUT2D eigenvalue weighted by Crippen LogP contribution is -2.46. The Morgan fingerprint density at radius 1 is 0.967 bits per heavy atom. The number of allylic oxidation sites excluding steroid dienone is 2. The summed E-state index contributed by atoms with van der Waals surface area (Å²) in [6.45, 7) is 15.5. The van der Waals surface area contributed by atoms with Crippen LogP contribution in [-0.2, 0) is 0 Å². The highest BCUT2D eigenvalue weighted by Gasteiger charge is 2.59. The van der Waals surface area contributed by atoms with Crippen LogP contribution in [0.3, 0.4) is 0 Å². The molecule has 4 rings (SSSR count). The summed E-state index contributed by atoms with van der Waals surface area (Å²) in [4.78, 5) is 0. The van der Waals surface area contributed by atoms with Gasteiger partial charge in [0.2, 0.25) is 0 Å². The molecule has 0 heterocycles. The first-order valence-electron chi connectivity index (χ1n) is 13.6. The van der Waals surface area contributed by atoms with Crippen LogP contribution in [0.2, 0.25) is 0 Å². The van der Waals surface area contributed by atoms with Crippen molar-refractivity contribution in [1.82, 2.24) is 0 Å². The van der Waals surface area contributed by atoms with E-state index in [1.165, 1.54) is 64.2 Å². The van der Waals surface area contributed by atoms with Crippen LogP contribution in [0.1, 0.15) is 106 Å². The SMILES string of the molecule is CCC(CCC(C)C1CCC2C3=CCC4C(CO)CCC4(C)C3CCC21C)C(C)C. The van der Waals surface area contributed by atoms with Crippen molar-refractivity contribution in [3.63, 3.8) is 0 Å². The summed E-state index contributed by atoms with van der Waals surface area (Å²) in [5.74, 6) is 6.50. The molecule has 0 aromatic carbocycles. The molecule has 3 fully saturated rings. The first-order valence-corrected chi connectivity index (χ1v) is 13.6. The first-order chi connectivity index (χ1) is 14.3. The van der Waals surface area contributed by atoms with Gasteiger partial charge in [-0.15, -0.1) is 0 Å². The zero-order valence-electron chi connectivity index (χ0n) is 20.9. The van der Waals surface area contributed by atoms with Crippen LogP contribution < -0.4 is 0 Å². The van der Waals surface area contributed by atoms with Crippen molar-refractivity contribution < 1.29 is 5.11 Å². The summed E-state index contributed by atoms with van der Waals surface area (Å²) in [5, 5.41) is 9.92. The van der Waals surface area contributed by atoms with E-state index in [1.807, 2.05) is 5.57 Å².